The van der Waals surface area contributed by atoms with Crippen LogP contribution in [0, 0.1) is 6.92 Å². The van der Waals surface area contributed by atoms with E-state index in [2.05, 4.69) is 10.3 Å². The highest BCUT2D eigenvalue weighted by Crippen LogP contribution is 2.33. The van der Waals surface area contributed by atoms with Crippen molar-refractivity contribution >= 4 is 16.0 Å². The highest BCUT2D eigenvalue weighted by atomic mass is 32.2. The molecular formula is C13H16N4O5S. The number of hydrogen-bond acceptors (Lipinski definition) is 6. The van der Waals surface area contributed by atoms with Gasteiger partial charge in [-0.25, -0.2) is 13.2 Å². The third-order valence-corrected chi connectivity index (χ3v) is 6.21. The van der Waals surface area contributed by atoms with Crippen LogP contribution in [0.5, 0.6) is 0 Å². The van der Waals surface area contributed by atoms with Gasteiger partial charge in [-0.2, -0.15) is 9.40 Å². The molecule has 0 radical (unpaired) electrons. The van der Waals surface area contributed by atoms with Crippen LogP contribution in [0.2, 0.25) is 0 Å². The van der Waals surface area contributed by atoms with Crippen LogP contribution in [-0.4, -0.2) is 51.8 Å². The fraction of sp³-hybridized carbons (Fsp3) is 0.462. The van der Waals surface area contributed by atoms with Crippen molar-refractivity contribution in [2.75, 3.05) is 13.1 Å². The summed E-state index contributed by atoms with van der Waals surface area (Å²) in [6, 6.07) is 1.65. The maximum Gasteiger partial charge on any atom is 0.331 e. The lowest BCUT2D eigenvalue weighted by molar-refractivity contribution is -0.150. The molecule has 2 aromatic rings. The van der Waals surface area contributed by atoms with Gasteiger partial charge in [0.05, 0.1) is 6.20 Å². The average molecular weight is 340 g/mol. The second kappa shape index (κ2) is 5.46. The molecule has 1 N–H and O–H groups in total. The van der Waals surface area contributed by atoms with Crippen LogP contribution < -0.4 is 0 Å². The van der Waals surface area contributed by atoms with Crippen LogP contribution in [0.3, 0.4) is 0 Å². The number of carboxylic acid groups (broad SMARTS) is 1. The number of carboxylic acids is 1. The van der Waals surface area contributed by atoms with E-state index in [9.17, 15) is 18.3 Å². The first-order valence-corrected chi connectivity index (χ1v) is 8.47. The van der Waals surface area contributed by atoms with E-state index in [4.69, 9.17) is 4.52 Å². The highest BCUT2D eigenvalue weighted by molar-refractivity contribution is 7.89. The van der Waals surface area contributed by atoms with E-state index in [-0.39, 0.29) is 36.6 Å². The smallest absolute Gasteiger partial charge is 0.331 e. The second-order valence-corrected chi connectivity index (χ2v) is 7.34. The summed E-state index contributed by atoms with van der Waals surface area (Å²) in [5, 5.41) is 17.1. The molecule has 0 unspecified atom stereocenters. The average Bonchev–Trinajstić information content (AvgIpc) is 3.18. The minimum atomic E-state index is -3.74. The van der Waals surface area contributed by atoms with Gasteiger partial charge < -0.3 is 9.63 Å². The summed E-state index contributed by atoms with van der Waals surface area (Å²) in [5.41, 5.74) is -1.22. The number of nitrogens with zero attached hydrogens (tertiary/aromatic N) is 4. The fourth-order valence-corrected chi connectivity index (χ4v) is 4.35. The third kappa shape index (κ3) is 2.43. The summed E-state index contributed by atoms with van der Waals surface area (Å²) in [4.78, 5) is 11.8. The Bertz CT molecular complexity index is 803. The molecule has 0 aromatic carbocycles. The van der Waals surface area contributed by atoms with Gasteiger partial charge in [-0.15, -0.1) is 0 Å². The van der Waals surface area contributed by atoms with E-state index in [0.717, 1.165) is 6.20 Å². The zero-order valence-corrected chi connectivity index (χ0v) is 13.2. The summed E-state index contributed by atoms with van der Waals surface area (Å²) in [7, 11) is -3.74. The Morgan fingerprint density at radius 1 is 1.39 bits per heavy atom. The zero-order valence-electron chi connectivity index (χ0n) is 12.4. The van der Waals surface area contributed by atoms with Gasteiger partial charge in [0.15, 0.2) is 11.3 Å². The van der Waals surface area contributed by atoms with E-state index in [0.29, 0.717) is 0 Å². The van der Waals surface area contributed by atoms with Crippen LogP contribution in [-0.2, 0) is 20.4 Å². The Balaban J connectivity index is 1.86. The molecule has 0 atom stereocenters. The lowest BCUT2D eigenvalue weighted by Gasteiger charge is -2.38. The van der Waals surface area contributed by atoms with E-state index >= 15 is 0 Å². The zero-order chi connectivity index (χ0) is 16.7. The molecule has 1 aliphatic heterocycles. The molecule has 1 fully saturated rings. The Hall–Kier alpha value is -2.20. The van der Waals surface area contributed by atoms with Crippen molar-refractivity contribution in [3.63, 3.8) is 0 Å². The Morgan fingerprint density at radius 3 is 2.57 bits per heavy atom. The van der Waals surface area contributed by atoms with Crippen LogP contribution in [0.1, 0.15) is 18.6 Å². The van der Waals surface area contributed by atoms with Gasteiger partial charge in [0.1, 0.15) is 4.90 Å². The normalized spacial score (nSPS) is 18.8. The number of aryl methyl sites for hydroxylation is 1. The van der Waals surface area contributed by atoms with E-state index in [1.165, 1.54) is 22.1 Å². The number of piperidine rings is 1. The summed E-state index contributed by atoms with van der Waals surface area (Å²) in [6.07, 6.45) is 4.52. The Labute approximate surface area is 132 Å². The van der Waals surface area contributed by atoms with E-state index < -0.39 is 21.5 Å². The summed E-state index contributed by atoms with van der Waals surface area (Å²) >= 11 is 0. The van der Waals surface area contributed by atoms with E-state index in [1.54, 1.807) is 12.3 Å². The first-order valence-electron chi connectivity index (χ1n) is 7.03. The summed E-state index contributed by atoms with van der Waals surface area (Å²) in [5.74, 6) is -0.799. The standard InChI is InChI=1S/C13H16N4O5S/c1-10-11(9-15-22-10)23(20,21)16-7-3-13(4-8-16,12(18)19)17-6-2-5-14-17/h2,5-6,9H,3-4,7-8H2,1H3,(H,18,19). The highest BCUT2D eigenvalue weighted by Gasteiger charge is 2.46. The fourth-order valence-electron chi connectivity index (χ4n) is 2.84. The molecule has 1 saturated heterocycles. The maximum absolute atomic E-state index is 12.6. The molecule has 3 heterocycles. The van der Waals surface area contributed by atoms with Crippen molar-refractivity contribution in [1.29, 1.82) is 0 Å². The maximum atomic E-state index is 12.6. The lowest BCUT2D eigenvalue weighted by atomic mass is 9.88. The minimum absolute atomic E-state index is 0.0133. The third-order valence-electron chi connectivity index (χ3n) is 4.22. The van der Waals surface area contributed by atoms with Gasteiger partial charge in [0.2, 0.25) is 10.0 Å². The van der Waals surface area contributed by atoms with Gasteiger partial charge in [-0.3, -0.25) is 4.68 Å². The lowest BCUT2D eigenvalue weighted by Crippen LogP contribution is -2.52. The molecule has 0 amide bonds. The molecule has 3 rings (SSSR count). The van der Waals surface area contributed by atoms with Gasteiger partial charge in [-0.1, -0.05) is 5.16 Å². The first-order chi connectivity index (χ1) is 10.9. The molecule has 0 bridgehead atoms. The molecule has 0 saturated carbocycles. The van der Waals surface area contributed by atoms with Crippen LogP contribution in [0.25, 0.3) is 0 Å². The van der Waals surface area contributed by atoms with Crippen molar-refractivity contribution < 1.29 is 22.8 Å². The molecule has 9 nitrogen and oxygen atoms in total. The van der Waals surface area contributed by atoms with Gasteiger partial charge in [0, 0.05) is 25.5 Å². The SMILES string of the molecule is Cc1oncc1S(=O)(=O)N1CCC(C(=O)O)(n2cccn2)CC1. The van der Waals surface area contributed by atoms with Gasteiger partial charge in [0.25, 0.3) is 0 Å². The van der Waals surface area contributed by atoms with Crippen LogP contribution >= 0.6 is 0 Å². The molecule has 10 heteroatoms. The number of hydrogen-bond donors (Lipinski definition) is 1. The van der Waals surface area contributed by atoms with Crippen LogP contribution in [0.4, 0.5) is 0 Å². The number of rotatable bonds is 4. The molecule has 0 spiro atoms. The van der Waals surface area contributed by atoms with Gasteiger partial charge >= 0.3 is 5.97 Å². The molecular weight excluding hydrogens is 324 g/mol. The second-order valence-electron chi connectivity index (χ2n) is 5.44. The minimum Gasteiger partial charge on any atom is -0.479 e. The van der Waals surface area contributed by atoms with Crippen molar-refractivity contribution in [3.8, 4) is 0 Å². The Kier molecular flexibility index (Phi) is 3.72. The monoisotopic (exact) mass is 340 g/mol. The Morgan fingerprint density at radius 2 is 2.09 bits per heavy atom. The van der Waals surface area contributed by atoms with Crippen molar-refractivity contribution in [1.82, 2.24) is 19.2 Å². The van der Waals surface area contributed by atoms with Gasteiger partial charge in [-0.05, 0) is 25.8 Å². The molecule has 1 aliphatic rings. The number of carbonyl (C=O) groups is 1. The van der Waals surface area contributed by atoms with Crippen LogP contribution in [0.15, 0.2) is 34.1 Å². The van der Waals surface area contributed by atoms with Crippen molar-refractivity contribution in [2.24, 2.45) is 0 Å². The predicted octanol–water partition coefficient (Wildman–Crippen LogP) is 0.444. The van der Waals surface area contributed by atoms with Crippen molar-refractivity contribution in [3.05, 3.63) is 30.4 Å². The molecule has 2 aromatic heterocycles. The van der Waals surface area contributed by atoms with Crippen molar-refractivity contribution in [2.45, 2.75) is 30.2 Å². The quantitative estimate of drug-likeness (QED) is 0.858. The first kappa shape index (κ1) is 15.7. The molecule has 0 aliphatic carbocycles. The largest absolute Gasteiger partial charge is 0.479 e. The summed E-state index contributed by atoms with van der Waals surface area (Å²) in [6.45, 7) is 1.69. The number of sulfonamides is 1. The summed E-state index contributed by atoms with van der Waals surface area (Å²) < 4.78 is 32.7. The molecule has 23 heavy (non-hydrogen) atoms. The number of aromatic nitrogens is 3. The topological polar surface area (TPSA) is 119 Å². The number of aliphatic carboxylic acids is 1. The predicted molar refractivity (Wildman–Crippen MR) is 77.1 cm³/mol. The van der Waals surface area contributed by atoms with E-state index in [1.807, 2.05) is 0 Å². The molecule has 124 valence electrons.